The number of nitrogens with zero attached hydrogens (tertiary/aromatic N) is 3. The Bertz CT molecular complexity index is 1600. The summed E-state index contributed by atoms with van der Waals surface area (Å²) in [6.45, 7) is 3.74. The molecule has 0 bridgehead atoms. The van der Waals surface area contributed by atoms with Crippen molar-refractivity contribution in [3.05, 3.63) is 97.8 Å². The number of amides is 1. The number of halogens is 3. The van der Waals surface area contributed by atoms with Gasteiger partial charge in [-0.3, -0.25) is 24.3 Å². The van der Waals surface area contributed by atoms with Crippen LogP contribution in [0.5, 0.6) is 0 Å². The molecule has 8 nitrogen and oxygen atoms in total. The number of nitrogens with one attached hydrogen (secondary N) is 1. The van der Waals surface area contributed by atoms with E-state index in [0.29, 0.717) is 22.7 Å². The molecule has 37 heavy (non-hydrogen) atoms. The van der Waals surface area contributed by atoms with Crippen LogP contribution in [0.15, 0.2) is 70.6 Å². The van der Waals surface area contributed by atoms with Gasteiger partial charge >= 0.3 is 6.18 Å². The molecule has 0 aliphatic carbocycles. The van der Waals surface area contributed by atoms with Crippen molar-refractivity contribution in [1.82, 2.24) is 9.55 Å². The molecule has 0 unspecified atom stereocenters. The Labute approximate surface area is 212 Å². The molecule has 0 aliphatic rings. The van der Waals surface area contributed by atoms with Crippen LogP contribution in [0.25, 0.3) is 16.6 Å². The van der Waals surface area contributed by atoms with E-state index >= 15 is 0 Å². The molecule has 1 N–H and O–H groups in total. The Morgan fingerprint density at radius 3 is 2.54 bits per heavy atom. The smallest absolute Gasteiger partial charge is 0.325 e. The number of carbonyl (C=O) groups excluding carboxylic acids is 1. The fraction of sp³-hybridized carbons (Fsp3) is 0.160. The molecule has 0 radical (unpaired) electrons. The maximum Gasteiger partial charge on any atom is 0.418 e. The number of fused-ring (bicyclic) bond motifs is 1. The van der Waals surface area contributed by atoms with Gasteiger partial charge in [0.05, 0.1) is 38.5 Å². The number of benzene rings is 3. The number of aromatic nitrogens is 2. The number of rotatable bonds is 6. The zero-order valence-electron chi connectivity index (χ0n) is 19.5. The molecule has 1 amide bonds. The Morgan fingerprint density at radius 1 is 1.11 bits per heavy atom. The van der Waals surface area contributed by atoms with Gasteiger partial charge in [0.1, 0.15) is 0 Å². The number of nitro benzene ring substituents is 1. The van der Waals surface area contributed by atoms with Crippen molar-refractivity contribution < 1.29 is 22.9 Å². The summed E-state index contributed by atoms with van der Waals surface area (Å²) in [6, 6.07) is 14.2. The summed E-state index contributed by atoms with van der Waals surface area (Å²) in [5, 5.41) is 13.6. The Morgan fingerprint density at radius 2 is 1.84 bits per heavy atom. The largest absolute Gasteiger partial charge is 0.418 e. The van der Waals surface area contributed by atoms with Gasteiger partial charge in [-0.1, -0.05) is 36.0 Å². The first-order chi connectivity index (χ1) is 17.5. The Balaban J connectivity index is 1.69. The van der Waals surface area contributed by atoms with E-state index in [4.69, 9.17) is 0 Å². The van der Waals surface area contributed by atoms with Crippen molar-refractivity contribution in [2.45, 2.75) is 25.2 Å². The van der Waals surface area contributed by atoms with E-state index in [2.05, 4.69) is 10.3 Å². The number of carbonyl (C=O) groups is 1. The second-order valence-electron chi connectivity index (χ2n) is 8.09. The van der Waals surface area contributed by atoms with Crippen LogP contribution in [-0.4, -0.2) is 26.1 Å². The normalized spacial score (nSPS) is 11.5. The maximum atomic E-state index is 13.5. The third-order valence-electron chi connectivity index (χ3n) is 5.69. The molecule has 4 rings (SSSR count). The average molecular weight is 529 g/mol. The van der Waals surface area contributed by atoms with Crippen molar-refractivity contribution in [2.75, 3.05) is 11.1 Å². The van der Waals surface area contributed by atoms with Crippen LogP contribution in [0, 0.1) is 24.0 Å². The first-order valence-electron chi connectivity index (χ1n) is 10.8. The van der Waals surface area contributed by atoms with Crippen LogP contribution in [-0.2, 0) is 11.0 Å². The van der Waals surface area contributed by atoms with Crippen LogP contribution in [0.1, 0.15) is 16.7 Å². The molecule has 1 aromatic heterocycles. The predicted molar refractivity (Wildman–Crippen MR) is 134 cm³/mol. The van der Waals surface area contributed by atoms with Crippen LogP contribution in [0.3, 0.4) is 0 Å². The molecule has 0 saturated carbocycles. The number of anilines is 1. The third-order valence-corrected chi connectivity index (χ3v) is 6.63. The van der Waals surface area contributed by atoms with Crippen molar-refractivity contribution in [1.29, 1.82) is 0 Å². The van der Waals surface area contributed by atoms with Gasteiger partial charge in [0, 0.05) is 12.1 Å². The first kappa shape index (κ1) is 25.9. The van der Waals surface area contributed by atoms with Gasteiger partial charge in [0.25, 0.3) is 11.2 Å². The Kier molecular flexibility index (Phi) is 7.03. The highest BCUT2D eigenvalue weighted by Gasteiger charge is 2.35. The molecule has 0 aliphatic heterocycles. The van der Waals surface area contributed by atoms with Crippen LogP contribution >= 0.6 is 11.8 Å². The number of alkyl halides is 3. The second-order valence-corrected chi connectivity index (χ2v) is 9.04. The topological polar surface area (TPSA) is 107 Å². The summed E-state index contributed by atoms with van der Waals surface area (Å²) in [6.07, 6.45) is -4.93. The minimum absolute atomic E-state index is 0.187. The quantitative estimate of drug-likeness (QED) is 0.150. The van der Waals surface area contributed by atoms with Gasteiger partial charge in [-0.2, -0.15) is 13.2 Å². The van der Waals surface area contributed by atoms with Crippen molar-refractivity contribution in [2.24, 2.45) is 0 Å². The summed E-state index contributed by atoms with van der Waals surface area (Å²) in [5.41, 5.74) is -0.307. The van der Waals surface area contributed by atoms with E-state index in [1.54, 1.807) is 36.4 Å². The lowest BCUT2D eigenvalue weighted by Crippen LogP contribution is -2.24. The Hall–Kier alpha value is -4.19. The van der Waals surface area contributed by atoms with E-state index in [9.17, 15) is 32.9 Å². The van der Waals surface area contributed by atoms with Crippen molar-refractivity contribution >= 4 is 39.9 Å². The fourth-order valence-electron chi connectivity index (χ4n) is 3.71. The lowest BCUT2D eigenvalue weighted by molar-refractivity contribution is -0.385. The number of non-ortho nitro benzene ring substituents is 1. The molecule has 3 aromatic carbocycles. The van der Waals surface area contributed by atoms with Crippen LogP contribution in [0.2, 0.25) is 0 Å². The zero-order chi connectivity index (χ0) is 26.9. The molecule has 12 heteroatoms. The summed E-state index contributed by atoms with van der Waals surface area (Å²) < 4.78 is 41.8. The van der Waals surface area contributed by atoms with E-state index in [1.807, 2.05) is 19.9 Å². The summed E-state index contributed by atoms with van der Waals surface area (Å²) in [4.78, 5) is 40.6. The summed E-state index contributed by atoms with van der Waals surface area (Å²) in [7, 11) is 0. The lowest BCUT2D eigenvalue weighted by Gasteiger charge is -2.17. The van der Waals surface area contributed by atoms with Gasteiger partial charge in [-0.15, -0.1) is 0 Å². The fourth-order valence-corrected chi connectivity index (χ4v) is 4.51. The van der Waals surface area contributed by atoms with Gasteiger partial charge < -0.3 is 5.32 Å². The lowest BCUT2D eigenvalue weighted by atomic mass is 10.1. The molecule has 190 valence electrons. The molecule has 4 aromatic rings. The van der Waals surface area contributed by atoms with Gasteiger partial charge in [0.15, 0.2) is 5.16 Å². The molecule has 1 heterocycles. The van der Waals surface area contributed by atoms with E-state index in [0.717, 1.165) is 35.0 Å². The van der Waals surface area contributed by atoms with Crippen molar-refractivity contribution in [3.8, 4) is 5.69 Å². The minimum Gasteiger partial charge on any atom is -0.325 e. The first-order valence-corrected chi connectivity index (χ1v) is 11.8. The van der Waals surface area contributed by atoms with E-state index in [1.165, 1.54) is 4.57 Å². The number of aryl methyl sites for hydroxylation is 1. The average Bonchev–Trinajstić information content (AvgIpc) is 2.84. The number of hydrogen-bond acceptors (Lipinski definition) is 6. The molecular weight excluding hydrogens is 509 g/mol. The van der Waals surface area contributed by atoms with Crippen molar-refractivity contribution in [3.63, 3.8) is 0 Å². The van der Waals surface area contributed by atoms with E-state index in [-0.39, 0.29) is 16.5 Å². The molecular formula is C25H19F3N4O4S. The minimum atomic E-state index is -4.93. The van der Waals surface area contributed by atoms with Gasteiger partial charge in [-0.25, -0.2) is 4.98 Å². The maximum absolute atomic E-state index is 13.5. The molecule has 0 atom stereocenters. The highest BCUT2D eigenvalue weighted by atomic mass is 32.2. The second kappa shape index (κ2) is 10.1. The third kappa shape index (κ3) is 5.33. The predicted octanol–water partition coefficient (Wildman–Crippen LogP) is 5.66. The van der Waals surface area contributed by atoms with Gasteiger partial charge in [0.2, 0.25) is 5.91 Å². The van der Waals surface area contributed by atoms with Crippen LogP contribution in [0.4, 0.5) is 24.5 Å². The summed E-state index contributed by atoms with van der Waals surface area (Å²) >= 11 is 0.885. The number of para-hydroxylation sites is 1. The van der Waals surface area contributed by atoms with Crippen LogP contribution < -0.4 is 10.9 Å². The SMILES string of the molecule is Cc1cccc(-n2c(SCC(=O)Nc3ccc([N+](=O)[O-])cc3C(F)(F)F)nc3ccccc3c2=O)c1C. The van der Waals surface area contributed by atoms with E-state index < -0.39 is 33.9 Å². The molecule has 0 spiro atoms. The summed E-state index contributed by atoms with van der Waals surface area (Å²) in [5.74, 6) is -1.18. The molecule has 0 saturated heterocycles. The zero-order valence-corrected chi connectivity index (χ0v) is 20.3. The highest BCUT2D eigenvalue weighted by molar-refractivity contribution is 7.99. The number of hydrogen-bond donors (Lipinski definition) is 1. The number of nitro groups is 1. The van der Waals surface area contributed by atoms with Gasteiger partial charge in [-0.05, 0) is 49.2 Å². The molecule has 0 fully saturated rings. The standard InChI is InChI=1S/C25H19F3N4O4S/c1-14-6-5-9-21(15(14)2)31-23(34)17-7-3-4-8-19(17)30-24(31)37-13-22(33)29-20-11-10-16(32(35)36)12-18(20)25(26,27)28/h3-12H,13H2,1-2H3,(H,29,33). The number of thioether (sulfide) groups is 1. The highest BCUT2D eigenvalue weighted by Crippen LogP contribution is 2.37. The monoisotopic (exact) mass is 528 g/mol.